The standard InChI is InChI=1S/C30H34ClN5O6.ClH/c1-15-22(30(39)35-8-6-34(2)7-9-35)24-23-17(13-31)14-36(19(23)12-20(37)26(24)32-15)29(38)18-10-16-11-21(40-3)27(41-4)28(42-5)25(16)33-18;/h10-12,17,32-33,37H,6-9,13-14H2,1-5H3;1H. The highest BCUT2D eigenvalue weighted by Gasteiger charge is 2.39. The van der Waals surface area contributed by atoms with Crippen molar-refractivity contribution >= 4 is 50.9 Å². The highest BCUT2D eigenvalue weighted by molar-refractivity contribution is 6.20. The Morgan fingerprint density at radius 3 is 2.35 bits per heavy atom. The van der Waals surface area contributed by atoms with Gasteiger partial charge in [-0.15, -0.1) is 11.6 Å². The maximum atomic E-state index is 14.1. The molecule has 2 amide bonds. The summed E-state index contributed by atoms with van der Waals surface area (Å²) in [6.45, 7) is 5.19. The first-order valence-electron chi connectivity index (χ1n) is 13.9. The normalized spacial score (nSPS) is 16.8. The second kappa shape index (κ2) is 11.7. The minimum atomic E-state index is -0.305. The number of nitrogens with zero attached hydrogens (tertiary/aromatic N) is 2. The third-order valence-electron chi connectivity index (χ3n) is 8.56. The van der Waals surface area contributed by atoms with Crippen molar-refractivity contribution in [3.63, 3.8) is 0 Å². The number of fused-ring (bicyclic) bond motifs is 4. The zero-order valence-corrected chi connectivity index (χ0v) is 26.2. The fraction of sp³-hybridized carbons (Fsp3) is 0.400. The zero-order chi connectivity index (χ0) is 29.9. The molecule has 6 rings (SSSR count). The lowest BCUT2D eigenvalue weighted by Gasteiger charge is -2.30. The predicted octanol–water partition coefficient (Wildman–Crippen LogP) is -0.354. The molecular weight excluding hydrogens is 597 g/mol. The van der Waals surface area contributed by atoms with Crippen LogP contribution < -0.4 is 36.4 Å². The Labute approximate surface area is 260 Å². The number of methoxy groups -OCH3 is 3. The molecule has 4 heterocycles. The molecule has 230 valence electrons. The number of rotatable bonds is 6. The van der Waals surface area contributed by atoms with Crippen LogP contribution in [0.25, 0.3) is 21.8 Å². The molecule has 2 aliphatic heterocycles. The molecule has 1 fully saturated rings. The van der Waals surface area contributed by atoms with Crippen molar-refractivity contribution in [3.8, 4) is 23.0 Å². The highest BCUT2D eigenvalue weighted by Crippen LogP contribution is 2.48. The average molecular weight is 633 g/mol. The molecule has 13 heteroatoms. The average Bonchev–Trinajstić information content (AvgIpc) is 3.68. The molecule has 2 aromatic heterocycles. The molecule has 11 nitrogen and oxygen atoms in total. The second-order valence-corrected chi connectivity index (χ2v) is 11.3. The van der Waals surface area contributed by atoms with E-state index in [9.17, 15) is 14.7 Å². The van der Waals surface area contributed by atoms with E-state index in [1.165, 1.54) is 26.2 Å². The summed E-state index contributed by atoms with van der Waals surface area (Å²) in [7, 11) is 6.70. The smallest absolute Gasteiger partial charge is 0.274 e. The van der Waals surface area contributed by atoms with Crippen LogP contribution >= 0.6 is 11.6 Å². The van der Waals surface area contributed by atoms with Crippen LogP contribution in [0.3, 0.4) is 0 Å². The summed E-state index contributed by atoms with van der Waals surface area (Å²) in [6.07, 6.45) is 0. The van der Waals surface area contributed by atoms with Crippen molar-refractivity contribution in [2.24, 2.45) is 0 Å². The van der Waals surface area contributed by atoms with Crippen LogP contribution in [0, 0.1) is 6.92 Å². The van der Waals surface area contributed by atoms with Crippen molar-refractivity contribution in [3.05, 3.63) is 40.7 Å². The van der Waals surface area contributed by atoms with Gasteiger partial charge >= 0.3 is 0 Å². The Morgan fingerprint density at radius 1 is 1.02 bits per heavy atom. The third-order valence-corrected chi connectivity index (χ3v) is 8.94. The number of aromatic nitrogens is 2. The number of aromatic amines is 2. The summed E-state index contributed by atoms with van der Waals surface area (Å²) in [5, 5.41) is 12.5. The molecule has 4 aromatic rings. The van der Waals surface area contributed by atoms with E-state index in [4.69, 9.17) is 25.8 Å². The Morgan fingerprint density at radius 2 is 1.72 bits per heavy atom. The Bertz CT molecular complexity index is 1730. The number of carbonyl (C=O) groups is 2. The maximum Gasteiger partial charge on any atom is 0.274 e. The number of H-pyrrole nitrogens is 2. The number of piperazine rings is 1. The van der Waals surface area contributed by atoms with Gasteiger partial charge in [-0.25, -0.2) is 0 Å². The number of phenols is 1. The highest BCUT2D eigenvalue weighted by atomic mass is 35.5. The lowest BCUT2D eigenvalue weighted by molar-refractivity contribution is -0.883. The number of benzene rings is 2. The fourth-order valence-electron chi connectivity index (χ4n) is 6.38. The number of aromatic hydroxyl groups is 1. The minimum absolute atomic E-state index is 0. The number of alkyl halides is 1. The van der Waals surface area contributed by atoms with Crippen LogP contribution in [0.15, 0.2) is 18.2 Å². The van der Waals surface area contributed by atoms with Crippen LogP contribution in [0.2, 0.25) is 0 Å². The zero-order valence-electron chi connectivity index (χ0n) is 24.7. The van der Waals surface area contributed by atoms with Gasteiger partial charge in [-0.3, -0.25) is 9.59 Å². The van der Waals surface area contributed by atoms with Crippen LogP contribution in [-0.2, 0) is 0 Å². The van der Waals surface area contributed by atoms with Gasteiger partial charge in [-0.1, -0.05) is 0 Å². The number of aryl methyl sites for hydroxylation is 1. The fourth-order valence-corrected chi connectivity index (χ4v) is 6.63. The summed E-state index contributed by atoms with van der Waals surface area (Å²) in [4.78, 5) is 39.3. The van der Waals surface area contributed by atoms with Gasteiger partial charge in [0.15, 0.2) is 11.5 Å². The number of quaternary nitrogens is 1. The number of hydrogen-bond donors (Lipinski definition) is 4. The van der Waals surface area contributed by atoms with E-state index in [1.54, 1.807) is 23.1 Å². The first-order chi connectivity index (χ1) is 20.2. The van der Waals surface area contributed by atoms with E-state index in [-0.39, 0.29) is 41.8 Å². The van der Waals surface area contributed by atoms with Gasteiger partial charge in [0.05, 0.1) is 76.8 Å². The molecule has 1 unspecified atom stereocenters. The summed E-state index contributed by atoms with van der Waals surface area (Å²) in [5.74, 6) is 0.882. The molecule has 43 heavy (non-hydrogen) atoms. The number of carbonyl (C=O) groups excluding carboxylic acids is 2. The van der Waals surface area contributed by atoms with E-state index in [1.807, 2.05) is 11.8 Å². The molecule has 0 radical (unpaired) electrons. The van der Waals surface area contributed by atoms with Gasteiger partial charge in [0, 0.05) is 40.9 Å². The monoisotopic (exact) mass is 631 g/mol. The van der Waals surface area contributed by atoms with Crippen LogP contribution in [0.1, 0.15) is 38.0 Å². The largest absolute Gasteiger partial charge is 1.00 e. The maximum absolute atomic E-state index is 14.1. The molecule has 0 saturated carbocycles. The lowest BCUT2D eigenvalue weighted by Crippen LogP contribution is -3.12. The number of ether oxygens (including phenoxy) is 3. The van der Waals surface area contributed by atoms with Crippen LogP contribution in [-0.4, -0.2) is 98.8 Å². The van der Waals surface area contributed by atoms with Crippen molar-refractivity contribution in [1.29, 1.82) is 0 Å². The summed E-state index contributed by atoms with van der Waals surface area (Å²) in [6, 6.07) is 5.10. The van der Waals surface area contributed by atoms with Crippen molar-refractivity contribution < 1.29 is 46.2 Å². The van der Waals surface area contributed by atoms with Crippen LogP contribution in [0.4, 0.5) is 5.69 Å². The SMILES string of the molecule is COc1cc2cc(C(=O)N3CC(CCl)c4c3cc(O)c3[nH]c(C)c(C(=O)N5CC[NH+](C)CC5)c43)[nH]c2c(OC)c1OC.[Cl-]. The molecular formula is C30H35Cl2N5O6. The predicted molar refractivity (Wildman–Crippen MR) is 160 cm³/mol. The molecule has 2 aromatic carbocycles. The number of amides is 2. The summed E-state index contributed by atoms with van der Waals surface area (Å²) < 4.78 is 16.6. The Kier molecular flexibility index (Phi) is 8.34. The Balaban J connectivity index is 0.00000368. The molecule has 0 bridgehead atoms. The summed E-state index contributed by atoms with van der Waals surface area (Å²) >= 11 is 6.50. The van der Waals surface area contributed by atoms with Crippen molar-refractivity contribution in [1.82, 2.24) is 14.9 Å². The van der Waals surface area contributed by atoms with Gasteiger partial charge in [0.2, 0.25) is 5.75 Å². The number of nitrogens with one attached hydrogen (secondary N) is 3. The quantitative estimate of drug-likeness (QED) is 0.216. The molecule has 0 spiro atoms. The van der Waals surface area contributed by atoms with E-state index in [0.717, 1.165) is 18.7 Å². The number of likely N-dealkylation sites (N-methyl/N-ethyl adjacent to an activating group) is 1. The number of hydrogen-bond acceptors (Lipinski definition) is 6. The first-order valence-corrected chi connectivity index (χ1v) is 14.4. The van der Waals surface area contributed by atoms with E-state index in [2.05, 4.69) is 17.0 Å². The van der Waals surface area contributed by atoms with E-state index >= 15 is 0 Å². The molecule has 1 atom stereocenters. The number of anilines is 1. The van der Waals surface area contributed by atoms with Crippen molar-refractivity contribution in [2.75, 3.05) is 71.9 Å². The van der Waals surface area contributed by atoms with Gasteiger partial charge in [0.25, 0.3) is 11.8 Å². The second-order valence-electron chi connectivity index (χ2n) is 11.0. The molecule has 0 aliphatic carbocycles. The van der Waals surface area contributed by atoms with E-state index < -0.39 is 0 Å². The number of halogens is 2. The van der Waals surface area contributed by atoms with E-state index in [0.29, 0.717) is 81.3 Å². The lowest BCUT2D eigenvalue weighted by atomic mass is 9.95. The summed E-state index contributed by atoms with van der Waals surface area (Å²) in [5.41, 5.74) is 3.91. The minimum Gasteiger partial charge on any atom is -1.00 e. The molecule has 4 N–H and O–H groups in total. The third kappa shape index (κ3) is 4.79. The van der Waals surface area contributed by atoms with Crippen molar-refractivity contribution in [2.45, 2.75) is 12.8 Å². The van der Waals surface area contributed by atoms with Gasteiger partial charge < -0.3 is 56.4 Å². The topological polar surface area (TPSA) is 125 Å². The molecule has 1 saturated heterocycles. The van der Waals surface area contributed by atoms with Gasteiger partial charge in [0.1, 0.15) is 11.4 Å². The van der Waals surface area contributed by atoms with Gasteiger partial charge in [-0.2, -0.15) is 0 Å². The van der Waals surface area contributed by atoms with Crippen LogP contribution in [0.5, 0.6) is 23.0 Å². The molecule has 2 aliphatic rings. The van der Waals surface area contributed by atoms with Gasteiger partial charge in [-0.05, 0) is 24.6 Å². The first kappa shape index (κ1) is 30.7. The Hall–Kier alpha value is -3.80. The number of phenolic OH excluding ortho intramolecular Hbond substituents is 1.